The monoisotopic (exact) mass is 298 g/mol. The van der Waals surface area contributed by atoms with E-state index in [1.165, 1.54) is 11.8 Å². The lowest BCUT2D eigenvalue weighted by molar-refractivity contribution is 0.606. The molecule has 0 amide bonds. The minimum atomic E-state index is -3.77. The number of halogens is 1. The third-order valence-corrected chi connectivity index (χ3v) is 4.22. The molecule has 102 valence electrons. The summed E-state index contributed by atoms with van der Waals surface area (Å²) in [5.41, 5.74) is 3.47. The first-order chi connectivity index (χ1) is 8.77. The fraction of sp³-hybridized carbons (Fsp3) is 0.308. The van der Waals surface area contributed by atoms with Crippen LogP contribution in [0.25, 0.3) is 0 Å². The van der Waals surface area contributed by atoms with Crippen molar-refractivity contribution in [2.24, 2.45) is 0 Å². The van der Waals surface area contributed by atoms with Crippen LogP contribution in [-0.2, 0) is 15.6 Å². The average molecular weight is 299 g/mol. The molecule has 0 aliphatic carbocycles. The molecule has 0 unspecified atom stereocenters. The summed E-state index contributed by atoms with van der Waals surface area (Å²) < 4.78 is 24.3. The molecule has 2 aromatic rings. The predicted octanol–water partition coefficient (Wildman–Crippen LogP) is 2.78. The molecule has 1 heterocycles. The Balaban J connectivity index is 2.39. The first kappa shape index (κ1) is 14.1. The van der Waals surface area contributed by atoms with E-state index in [0.717, 1.165) is 11.1 Å². The van der Waals surface area contributed by atoms with Gasteiger partial charge < -0.3 is 4.57 Å². The summed E-state index contributed by atoms with van der Waals surface area (Å²) in [5, 5.41) is -0.100. The fourth-order valence-corrected chi connectivity index (χ4v) is 2.63. The number of nitrogens with zero attached hydrogens (tertiary/aromatic N) is 2. The van der Waals surface area contributed by atoms with E-state index >= 15 is 0 Å². The van der Waals surface area contributed by atoms with Crippen LogP contribution in [0.5, 0.6) is 0 Å². The van der Waals surface area contributed by atoms with Gasteiger partial charge in [0.15, 0.2) is 5.03 Å². The van der Waals surface area contributed by atoms with Gasteiger partial charge in [-0.05, 0) is 31.9 Å². The van der Waals surface area contributed by atoms with E-state index in [9.17, 15) is 8.42 Å². The van der Waals surface area contributed by atoms with E-state index in [4.69, 9.17) is 10.7 Å². The molecule has 0 fully saturated rings. The Morgan fingerprint density at radius 2 is 1.95 bits per heavy atom. The maximum Gasteiger partial charge on any atom is 0.280 e. The summed E-state index contributed by atoms with van der Waals surface area (Å²) in [6, 6.07) is 6.19. The Kier molecular flexibility index (Phi) is 3.69. The summed E-state index contributed by atoms with van der Waals surface area (Å²) in [6.45, 7) is 6.40. The van der Waals surface area contributed by atoms with Gasteiger partial charge >= 0.3 is 0 Å². The number of rotatable bonds is 3. The first-order valence-electron chi connectivity index (χ1n) is 5.82. The Labute approximate surface area is 117 Å². The third-order valence-electron chi connectivity index (χ3n) is 3.05. The van der Waals surface area contributed by atoms with Crippen molar-refractivity contribution in [3.05, 3.63) is 46.9 Å². The van der Waals surface area contributed by atoms with Crippen molar-refractivity contribution in [3.8, 4) is 0 Å². The Morgan fingerprint density at radius 3 is 2.53 bits per heavy atom. The van der Waals surface area contributed by atoms with Gasteiger partial charge in [-0.15, -0.1) is 0 Å². The number of hydrogen-bond acceptors (Lipinski definition) is 3. The number of hydrogen-bond donors (Lipinski definition) is 0. The van der Waals surface area contributed by atoms with Crippen molar-refractivity contribution in [3.63, 3.8) is 0 Å². The standard InChI is InChI=1S/C13H15ClN2O2S/c1-9-4-5-10(2)12(6-9)7-16-8-13(15-11(16)3)19(14,17)18/h4-6,8H,7H2,1-3H3. The van der Waals surface area contributed by atoms with E-state index in [1.807, 2.05) is 19.9 Å². The van der Waals surface area contributed by atoms with E-state index in [-0.39, 0.29) is 5.03 Å². The number of aryl methyl sites for hydroxylation is 3. The first-order valence-corrected chi connectivity index (χ1v) is 8.13. The topological polar surface area (TPSA) is 52.0 Å². The molecule has 0 saturated heterocycles. The zero-order chi connectivity index (χ0) is 14.2. The van der Waals surface area contributed by atoms with Crippen LogP contribution in [0.4, 0.5) is 0 Å². The summed E-state index contributed by atoms with van der Waals surface area (Å²) in [5.74, 6) is 0.625. The SMILES string of the molecule is Cc1ccc(C)c(Cn2cc(S(=O)(=O)Cl)nc2C)c1. The molecule has 0 N–H and O–H groups in total. The number of aromatic nitrogens is 2. The Bertz CT molecular complexity index is 720. The van der Waals surface area contributed by atoms with Crippen molar-refractivity contribution < 1.29 is 8.42 Å². The van der Waals surface area contributed by atoms with Gasteiger partial charge in [0.25, 0.3) is 9.05 Å². The summed E-state index contributed by atoms with van der Waals surface area (Å²) in [7, 11) is 1.52. The summed E-state index contributed by atoms with van der Waals surface area (Å²) in [4.78, 5) is 3.97. The van der Waals surface area contributed by atoms with Gasteiger partial charge in [-0.2, -0.15) is 0 Å². The highest BCUT2D eigenvalue weighted by Gasteiger charge is 2.16. The van der Waals surface area contributed by atoms with Gasteiger partial charge in [0.05, 0.1) is 0 Å². The third kappa shape index (κ3) is 3.16. The number of imidazole rings is 1. The molecule has 19 heavy (non-hydrogen) atoms. The molecule has 1 aromatic carbocycles. The van der Waals surface area contributed by atoms with Crippen LogP contribution < -0.4 is 0 Å². The highest BCUT2D eigenvalue weighted by molar-refractivity contribution is 8.13. The molecular formula is C13H15ClN2O2S. The van der Waals surface area contributed by atoms with Crippen LogP contribution in [0.15, 0.2) is 29.4 Å². The Hall–Kier alpha value is -1.33. The molecule has 0 atom stereocenters. The average Bonchev–Trinajstić information content (AvgIpc) is 2.65. The zero-order valence-electron chi connectivity index (χ0n) is 11.0. The smallest absolute Gasteiger partial charge is 0.280 e. The van der Waals surface area contributed by atoms with E-state index in [1.54, 1.807) is 11.5 Å². The molecule has 6 heteroatoms. The second-order valence-electron chi connectivity index (χ2n) is 4.62. The number of benzene rings is 1. The van der Waals surface area contributed by atoms with Gasteiger partial charge in [-0.3, -0.25) is 0 Å². The molecule has 0 saturated carbocycles. The van der Waals surface area contributed by atoms with Crippen molar-refractivity contribution in [2.75, 3.05) is 0 Å². The molecular weight excluding hydrogens is 284 g/mol. The lowest BCUT2D eigenvalue weighted by atomic mass is 10.1. The van der Waals surface area contributed by atoms with Crippen molar-refractivity contribution in [2.45, 2.75) is 32.3 Å². The predicted molar refractivity (Wildman–Crippen MR) is 75.0 cm³/mol. The second-order valence-corrected chi connectivity index (χ2v) is 7.13. The van der Waals surface area contributed by atoms with Gasteiger partial charge in [0.1, 0.15) is 5.82 Å². The minimum absolute atomic E-state index is 0.100. The van der Waals surface area contributed by atoms with E-state index in [0.29, 0.717) is 12.4 Å². The maximum atomic E-state index is 11.3. The quantitative estimate of drug-likeness (QED) is 0.819. The van der Waals surface area contributed by atoms with Crippen LogP contribution in [0.2, 0.25) is 0 Å². The van der Waals surface area contributed by atoms with Gasteiger partial charge in [0.2, 0.25) is 0 Å². The Morgan fingerprint density at radius 1 is 1.26 bits per heavy atom. The largest absolute Gasteiger partial charge is 0.329 e. The molecule has 0 radical (unpaired) electrons. The maximum absolute atomic E-state index is 11.3. The lowest BCUT2D eigenvalue weighted by Crippen LogP contribution is -2.02. The van der Waals surface area contributed by atoms with Crippen molar-refractivity contribution in [1.82, 2.24) is 9.55 Å². The highest BCUT2D eigenvalue weighted by Crippen LogP contribution is 2.17. The lowest BCUT2D eigenvalue weighted by Gasteiger charge is -2.09. The molecule has 0 aliphatic heterocycles. The summed E-state index contributed by atoms with van der Waals surface area (Å²) in [6.07, 6.45) is 1.47. The fourth-order valence-electron chi connectivity index (χ4n) is 1.91. The molecule has 0 aliphatic rings. The van der Waals surface area contributed by atoms with Gasteiger partial charge in [-0.25, -0.2) is 13.4 Å². The molecule has 0 spiro atoms. The highest BCUT2D eigenvalue weighted by atomic mass is 35.7. The molecule has 1 aromatic heterocycles. The molecule has 0 bridgehead atoms. The van der Waals surface area contributed by atoms with E-state index in [2.05, 4.69) is 17.1 Å². The van der Waals surface area contributed by atoms with E-state index < -0.39 is 9.05 Å². The van der Waals surface area contributed by atoms with Crippen LogP contribution in [0.3, 0.4) is 0 Å². The van der Waals surface area contributed by atoms with Crippen LogP contribution in [-0.4, -0.2) is 18.0 Å². The molecule has 2 rings (SSSR count). The van der Waals surface area contributed by atoms with Crippen LogP contribution in [0, 0.1) is 20.8 Å². The summed E-state index contributed by atoms with van der Waals surface area (Å²) >= 11 is 0. The minimum Gasteiger partial charge on any atom is -0.329 e. The normalized spacial score (nSPS) is 11.8. The van der Waals surface area contributed by atoms with Gasteiger partial charge in [-0.1, -0.05) is 23.8 Å². The van der Waals surface area contributed by atoms with Crippen molar-refractivity contribution >= 4 is 19.7 Å². The van der Waals surface area contributed by atoms with Crippen LogP contribution >= 0.6 is 10.7 Å². The van der Waals surface area contributed by atoms with Gasteiger partial charge in [0, 0.05) is 23.4 Å². The van der Waals surface area contributed by atoms with Crippen LogP contribution in [0.1, 0.15) is 22.5 Å². The molecule has 4 nitrogen and oxygen atoms in total. The zero-order valence-corrected chi connectivity index (χ0v) is 12.6. The second kappa shape index (κ2) is 4.98. The van der Waals surface area contributed by atoms with Crippen molar-refractivity contribution in [1.29, 1.82) is 0 Å².